The lowest BCUT2D eigenvalue weighted by atomic mass is 10.3. The van der Waals surface area contributed by atoms with E-state index in [0.29, 0.717) is 28.5 Å². The number of ether oxygens (including phenoxy) is 1. The van der Waals surface area contributed by atoms with Crippen molar-refractivity contribution in [1.82, 2.24) is 19.7 Å². The molecule has 0 aliphatic carbocycles. The van der Waals surface area contributed by atoms with E-state index in [2.05, 4.69) is 24.0 Å². The summed E-state index contributed by atoms with van der Waals surface area (Å²) in [6.45, 7) is 9.06. The van der Waals surface area contributed by atoms with Crippen LogP contribution in [0.1, 0.15) is 27.7 Å². The number of nitrogens with zero attached hydrogens (tertiary/aromatic N) is 4. The maximum Gasteiger partial charge on any atom is 0.417 e. The number of aromatic nitrogens is 3. The van der Waals surface area contributed by atoms with Crippen LogP contribution < -0.4 is 4.74 Å². The van der Waals surface area contributed by atoms with E-state index in [1.807, 2.05) is 26.0 Å². The number of carbonyl (C=O) groups excluding carboxylic acids is 1. The maximum atomic E-state index is 12.2. The molecule has 0 aliphatic rings. The first kappa shape index (κ1) is 18.6. The predicted octanol–water partition coefficient (Wildman–Crippen LogP) is 4.26. The first-order valence-electron chi connectivity index (χ1n) is 7.81. The minimum absolute atomic E-state index is 0.150. The molecule has 0 radical (unpaired) electrons. The summed E-state index contributed by atoms with van der Waals surface area (Å²) in [6.07, 6.45) is -0.441. The van der Waals surface area contributed by atoms with Crippen molar-refractivity contribution in [2.45, 2.75) is 38.1 Å². The van der Waals surface area contributed by atoms with Crippen molar-refractivity contribution in [3.8, 4) is 11.7 Å². The summed E-state index contributed by atoms with van der Waals surface area (Å²) in [4.78, 5) is 13.8. The molecule has 0 saturated heterocycles. The molecule has 24 heavy (non-hydrogen) atoms. The highest BCUT2D eigenvalue weighted by molar-refractivity contribution is 7.99. The van der Waals surface area contributed by atoms with E-state index in [4.69, 9.17) is 16.3 Å². The molecule has 0 atom stereocenters. The van der Waals surface area contributed by atoms with Gasteiger partial charge in [-0.1, -0.05) is 42.3 Å². The number of benzene rings is 1. The summed E-state index contributed by atoms with van der Waals surface area (Å²) < 4.78 is 7.19. The third-order valence-electron chi connectivity index (χ3n) is 3.23. The van der Waals surface area contributed by atoms with Gasteiger partial charge in [-0.05, 0) is 38.1 Å². The van der Waals surface area contributed by atoms with Gasteiger partial charge < -0.3 is 9.64 Å². The van der Waals surface area contributed by atoms with E-state index in [0.717, 1.165) is 5.69 Å². The monoisotopic (exact) mass is 368 g/mol. The molecule has 1 aromatic carbocycles. The van der Waals surface area contributed by atoms with Crippen LogP contribution in [0, 0.1) is 0 Å². The molecule has 1 amide bonds. The van der Waals surface area contributed by atoms with Gasteiger partial charge in [0.05, 0.1) is 5.69 Å². The van der Waals surface area contributed by atoms with Gasteiger partial charge in [0.2, 0.25) is 0 Å². The number of halogens is 1. The highest BCUT2D eigenvalue weighted by Gasteiger charge is 2.21. The Hall–Kier alpha value is -1.73. The van der Waals surface area contributed by atoms with Crippen molar-refractivity contribution in [3.05, 3.63) is 29.3 Å². The summed E-state index contributed by atoms with van der Waals surface area (Å²) in [7, 11) is 0. The van der Waals surface area contributed by atoms with Gasteiger partial charge in [0, 0.05) is 23.4 Å². The van der Waals surface area contributed by atoms with Crippen molar-refractivity contribution >= 4 is 29.5 Å². The molecule has 0 saturated carbocycles. The quantitative estimate of drug-likeness (QED) is 0.713. The van der Waals surface area contributed by atoms with Crippen molar-refractivity contribution in [3.63, 3.8) is 0 Å². The average molecular weight is 369 g/mol. The fourth-order valence-corrected chi connectivity index (χ4v) is 2.97. The number of hydrogen-bond donors (Lipinski definition) is 0. The van der Waals surface area contributed by atoms with Gasteiger partial charge in [0.25, 0.3) is 0 Å². The van der Waals surface area contributed by atoms with Crippen molar-refractivity contribution in [1.29, 1.82) is 0 Å². The third kappa shape index (κ3) is 4.42. The van der Waals surface area contributed by atoms with Crippen LogP contribution in [0.5, 0.6) is 6.01 Å². The van der Waals surface area contributed by atoms with Crippen LogP contribution >= 0.6 is 23.4 Å². The third-order valence-corrected chi connectivity index (χ3v) is 4.43. The minimum atomic E-state index is -0.441. The van der Waals surface area contributed by atoms with Crippen LogP contribution in [0.25, 0.3) is 5.69 Å². The lowest BCUT2D eigenvalue weighted by Gasteiger charge is -2.18. The minimum Gasteiger partial charge on any atom is -0.374 e. The molecule has 1 aromatic heterocycles. The second kappa shape index (κ2) is 8.39. The molecule has 0 N–H and O–H groups in total. The molecule has 130 valence electrons. The van der Waals surface area contributed by atoms with Gasteiger partial charge in [-0.3, -0.25) is 0 Å². The van der Waals surface area contributed by atoms with Crippen molar-refractivity contribution in [2.24, 2.45) is 0 Å². The van der Waals surface area contributed by atoms with Crippen LogP contribution in [0.4, 0.5) is 4.79 Å². The maximum absolute atomic E-state index is 12.2. The van der Waals surface area contributed by atoms with E-state index >= 15 is 0 Å². The second-order valence-corrected chi connectivity index (χ2v) is 7.26. The normalized spacial score (nSPS) is 10.9. The summed E-state index contributed by atoms with van der Waals surface area (Å²) in [5.74, 6) is 0. The Morgan fingerprint density at radius 2 is 1.88 bits per heavy atom. The van der Waals surface area contributed by atoms with E-state index in [9.17, 15) is 4.79 Å². The van der Waals surface area contributed by atoms with E-state index in [-0.39, 0.29) is 6.01 Å². The number of hydrogen-bond acceptors (Lipinski definition) is 5. The average Bonchev–Trinajstić information content (AvgIpc) is 2.91. The fraction of sp³-hybridized carbons (Fsp3) is 0.438. The molecular formula is C16H21ClN4O2S. The Morgan fingerprint density at radius 3 is 2.42 bits per heavy atom. The zero-order chi connectivity index (χ0) is 17.7. The molecule has 6 nitrogen and oxygen atoms in total. The predicted molar refractivity (Wildman–Crippen MR) is 96.3 cm³/mol. The van der Waals surface area contributed by atoms with Crippen LogP contribution in [-0.4, -0.2) is 44.1 Å². The molecule has 0 spiro atoms. The first-order valence-corrected chi connectivity index (χ1v) is 9.06. The molecule has 0 bridgehead atoms. The Morgan fingerprint density at radius 1 is 1.25 bits per heavy atom. The van der Waals surface area contributed by atoms with E-state index in [1.165, 1.54) is 0 Å². The molecule has 0 fully saturated rings. The zero-order valence-corrected chi connectivity index (χ0v) is 15.8. The van der Waals surface area contributed by atoms with Gasteiger partial charge in [-0.2, -0.15) is 0 Å². The Balaban J connectivity index is 2.39. The SMILES string of the molecule is CCN(CC)C(=O)Oc1nnc(SC(C)C)n1-c1ccc(Cl)cc1. The van der Waals surface area contributed by atoms with Gasteiger partial charge in [0.15, 0.2) is 5.16 Å². The molecule has 8 heteroatoms. The molecule has 0 aliphatic heterocycles. The summed E-state index contributed by atoms with van der Waals surface area (Å²) in [5, 5.41) is 9.82. The topological polar surface area (TPSA) is 60.3 Å². The Labute approximate surface area is 151 Å². The number of rotatable bonds is 6. The van der Waals surface area contributed by atoms with Gasteiger partial charge in [-0.25, -0.2) is 9.36 Å². The number of carbonyl (C=O) groups is 1. The van der Waals surface area contributed by atoms with Crippen molar-refractivity contribution < 1.29 is 9.53 Å². The number of amides is 1. The Bertz CT molecular complexity index is 684. The first-order chi connectivity index (χ1) is 11.5. The second-order valence-electron chi connectivity index (χ2n) is 5.28. The van der Waals surface area contributed by atoms with Gasteiger partial charge in [-0.15, -0.1) is 5.10 Å². The van der Waals surface area contributed by atoms with Gasteiger partial charge >= 0.3 is 12.1 Å². The van der Waals surface area contributed by atoms with E-state index < -0.39 is 6.09 Å². The van der Waals surface area contributed by atoms with Crippen LogP contribution in [0.3, 0.4) is 0 Å². The van der Waals surface area contributed by atoms with Crippen LogP contribution in [0.2, 0.25) is 5.02 Å². The zero-order valence-electron chi connectivity index (χ0n) is 14.2. The van der Waals surface area contributed by atoms with Crippen LogP contribution in [-0.2, 0) is 0 Å². The summed E-state index contributed by atoms with van der Waals surface area (Å²) in [6, 6.07) is 7.38. The largest absolute Gasteiger partial charge is 0.417 e. The smallest absolute Gasteiger partial charge is 0.374 e. The summed E-state index contributed by atoms with van der Waals surface area (Å²) in [5.41, 5.74) is 0.787. The lowest BCUT2D eigenvalue weighted by Crippen LogP contribution is -2.33. The highest BCUT2D eigenvalue weighted by atomic mass is 35.5. The molecule has 2 rings (SSSR count). The summed E-state index contributed by atoms with van der Waals surface area (Å²) >= 11 is 7.51. The Kier molecular flexibility index (Phi) is 6.51. The standard InChI is InChI=1S/C16H21ClN4O2S/c1-5-20(6-2)16(22)23-14-18-19-15(24-11(3)4)21(14)13-9-7-12(17)8-10-13/h7-11H,5-6H2,1-4H3. The molecule has 0 unspecified atom stereocenters. The molecule has 1 heterocycles. The fourth-order valence-electron chi connectivity index (χ4n) is 2.05. The van der Waals surface area contributed by atoms with E-state index in [1.54, 1.807) is 33.4 Å². The van der Waals surface area contributed by atoms with Gasteiger partial charge in [0.1, 0.15) is 0 Å². The van der Waals surface area contributed by atoms with Crippen molar-refractivity contribution in [2.75, 3.05) is 13.1 Å². The lowest BCUT2D eigenvalue weighted by molar-refractivity contribution is 0.152. The molecular weight excluding hydrogens is 348 g/mol. The highest BCUT2D eigenvalue weighted by Crippen LogP contribution is 2.29. The molecule has 2 aromatic rings. The number of thioether (sulfide) groups is 1. The van der Waals surface area contributed by atoms with Crippen LogP contribution in [0.15, 0.2) is 29.4 Å².